The molecule has 0 unspecified atom stereocenters. The Bertz CT molecular complexity index is 1210. The summed E-state index contributed by atoms with van der Waals surface area (Å²) in [4.78, 5) is 11.6. The van der Waals surface area contributed by atoms with E-state index in [0.717, 1.165) is 33.0 Å². The van der Waals surface area contributed by atoms with E-state index in [1.54, 1.807) is 12.1 Å². The van der Waals surface area contributed by atoms with E-state index in [4.69, 9.17) is 0 Å². The molecule has 160 valence electrons. The van der Waals surface area contributed by atoms with Crippen LogP contribution in [0.2, 0.25) is 0 Å². The largest absolute Gasteiger partial charge is 0.282 e. The number of nitro groups is 1. The maximum atomic E-state index is 11.9. The van der Waals surface area contributed by atoms with Gasteiger partial charge >= 0.3 is 0 Å². The first-order valence-corrected chi connectivity index (χ1v) is 13.9. The van der Waals surface area contributed by atoms with E-state index in [0.29, 0.717) is 3.57 Å². The van der Waals surface area contributed by atoms with Gasteiger partial charge in [0, 0.05) is 16.8 Å². The van der Waals surface area contributed by atoms with E-state index in [9.17, 15) is 10.1 Å². The molecule has 0 atom stereocenters. The Kier molecular flexibility index (Phi) is 7.77. The summed E-state index contributed by atoms with van der Waals surface area (Å²) in [5.41, 5.74) is 3.61. The summed E-state index contributed by atoms with van der Waals surface area (Å²) in [7, 11) is 0. The second-order valence-corrected chi connectivity index (χ2v) is 11.7. The zero-order valence-corrected chi connectivity index (χ0v) is 25.1. The van der Waals surface area contributed by atoms with Crippen molar-refractivity contribution in [1.29, 1.82) is 0 Å². The quantitative estimate of drug-likeness (QED) is 0.0877. The van der Waals surface area contributed by atoms with Crippen molar-refractivity contribution >= 4 is 96.1 Å². The van der Waals surface area contributed by atoms with Crippen LogP contribution in [0, 0.1) is 24.4 Å². The van der Waals surface area contributed by atoms with E-state index in [1.165, 1.54) is 0 Å². The molecule has 0 N–H and O–H groups in total. The Morgan fingerprint density at radius 3 is 1.31 bits per heavy atom. The van der Waals surface area contributed by atoms with Crippen molar-refractivity contribution in [2.75, 3.05) is 0 Å². The van der Waals surface area contributed by atoms with Crippen molar-refractivity contribution in [3.8, 4) is 0 Å². The van der Waals surface area contributed by atoms with Gasteiger partial charge < -0.3 is 0 Å². The maximum Gasteiger partial charge on any atom is 0.282 e. The third kappa shape index (κ3) is 4.22. The Morgan fingerprint density at radius 1 is 0.562 bits per heavy atom. The molecular weight excluding hydrogens is 854 g/mol. The molecule has 4 aromatic carbocycles. The van der Waals surface area contributed by atoms with Gasteiger partial charge in [0.15, 0.2) is 0 Å². The lowest BCUT2D eigenvalue weighted by Crippen LogP contribution is -2.35. The van der Waals surface area contributed by atoms with Crippen LogP contribution >= 0.6 is 90.4 Å². The Balaban J connectivity index is 2.30. The van der Waals surface area contributed by atoms with Crippen LogP contribution in [0.5, 0.6) is 0 Å². The Labute approximate surface area is 241 Å². The molecule has 0 saturated carbocycles. The third-order valence-electron chi connectivity index (χ3n) is 5.41. The monoisotopic (exact) mass is 869 g/mol. The minimum absolute atomic E-state index is 0.121. The molecule has 0 fully saturated rings. The molecule has 32 heavy (non-hydrogen) atoms. The van der Waals surface area contributed by atoms with E-state index in [2.05, 4.69) is 127 Å². The highest BCUT2D eigenvalue weighted by Gasteiger charge is 2.44. The summed E-state index contributed by atoms with van der Waals surface area (Å²) in [6, 6.07) is 30.3. The van der Waals surface area contributed by atoms with E-state index >= 15 is 0 Å². The summed E-state index contributed by atoms with van der Waals surface area (Å²) in [6.45, 7) is 0. The highest BCUT2D eigenvalue weighted by molar-refractivity contribution is 14.1. The summed E-state index contributed by atoms with van der Waals surface area (Å²) < 4.78 is 3.96. The fourth-order valence-electron chi connectivity index (χ4n) is 4.12. The van der Waals surface area contributed by atoms with Gasteiger partial charge in [-0.15, -0.1) is 0 Å². The molecular formula is C25H15I4NO2. The first kappa shape index (κ1) is 24.3. The molecule has 0 aliphatic rings. The number of hydrogen-bond acceptors (Lipinski definition) is 2. The van der Waals surface area contributed by atoms with Gasteiger partial charge in [-0.1, -0.05) is 66.7 Å². The summed E-state index contributed by atoms with van der Waals surface area (Å²) in [6.07, 6.45) is 0. The summed E-state index contributed by atoms with van der Waals surface area (Å²) in [5, 5.41) is 11.9. The van der Waals surface area contributed by atoms with Crippen molar-refractivity contribution in [3.63, 3.8) is 0 Å². The van der Waals surface area contributed by atoms with Gasteiger partial charge in [-0.25, -0.2) is 0 Å². The van der Waals surface area contributed by atoms with Gasteiger partial charge in [-0.3, -0.25) is 10.1 Å². The molecule has 0 amide bonds. The number of nitro benzene ring substituents is 1. The zero-order chi connectivity index (χ0) is 22.9. The molecule has 0 spiro atoms. The predicted octanol–water partition coefficient (Wildman–Crippen LogP) is 8.40. The lowest BCUT2D eigenvalue weighted by Gasteiger charge is -2.39. The van der Waals surface area contributed by atoms with Crippen LogP contribution in [-0.2, 0) is 5.41 Å². The highest BCUT2D eigenvalue weighted by Crippen LogP contribution is 2.51. The fourth-order valence-corrected chi connectivity index (χ4v) is 7.45. The lowest BCUT2D eigenvalue weighted by molar-refractivity contribution is -0.385. The van der Waals surface area contributed by atoms with Crippen molar-refractivity contribution in [3.05, 3.63) is 138 Å². The summed E-state index contributed by atoms with van der Waals surface area (Å²) in [5.74, 6) is 0. The van der Waals surface area contributed by atoms with Crippen LogP contribution in [0.15, 0.2) is 91.0 Å². The SMILES string of the molecule is O=[N+]([O-])c1cccc(C(c2ccccc2I)(c2ccccc2I)c2ccccc2I)c1I. The molecule has 7 heteroatoms. The molecule has 0 aromatic heterocycles. The maximum absolute atomic E-state index is 11.9. The normalized spacial score (nSPS) is 11.4. The second kappa shape index (κ2) is 10.2. The van der Waals surface area contributed by atoms with Crippen LogP contribution in [0.1, 0.15) is 22.3 Å². The second-order valence-electron chi connectivity index (χ2n) is 7.09. The van der Waals surface area contributed by atoms with E-state index < -0.39 is 5.41 Å². The average molecular weight is 869 g/mol. The third-order valence-corrected chi connectivity index (χ3v) is 9.37. The van der Waals surface area contributed by atoms with Crippen molar-refractivity contribution in [2.24, 2.45) is 0 Å². The number of hydrogen-bond donors (Lipinski definition) is 0. The van der Waals surface area contributed by atoms with Gasteiger partial charge in [0.1, 0.15) is 0 Å². The van der Waals surface area contributed by atoms with Gasteiger partial charge in [-0.05, 0) is 131 Å². The molecule has 4 rings (SSSR count). The predicted molar refractivity (Wildman–Crippen MR) is 162 cm³/mol. The topological polar surface area (TPSA) is 43.1 Å². The van der Waals surface area contributed by atoms with Crippen LogP contribution in [0.25, 0.3) is 0 Å². The smallest absolute Gasteiger partial charge is 0.258 e. The summed E-state index contributed by atoms with van der Waals surface area (Å²) >= 11 is 9.29. The van der Waals surface area contributed by atoms with Crippen LogP contribution in [0.4, 0.5) is 5.69 Å². The molecule has 0 saturated heterocycles. The number of benzene rings is 4. The average Bonchev–Trinajstić information content (AvgIpc) is 2.78. The molecule has 3 nitrogen and oxygen atoms in total. The minimum atomic E-state index is -0.726. The zero-order valence-electron chi connectivity index (χ0n) is 16.4. The molecule has 0 heterocycles. The first-order chi connectivity index (χ1) is 15.4. The molecule has 4 aromatic rings. The first-order valence-electron chi connectivity index (χ1n) is 9.57. The van der Waals surface area contributed by atoms with Crippen molar-refractivity contribution in [2.45, 2.75) is 5.41 Å². The number of rotatable bonds is 5. The highest BCUT2D eigenvalue weighted by atomic mass is 127. The lowest BCUT2D eigenvalue weighted by atomic mass is 9.65. The van der Waals surface area contributed by atoms with Crippen LogP contribution in [0.3, 0.4) is 0 Å². The van der Waals surface area contributed by atoms with Crippen LogP contribution < -0.4 is 0 Å². The van der Waals surface area contributed by atoms with Gasteiger partial charge in [0.05, 0.1) is 13.9 Å². The standard InChI is InChI=1S/C25H15I4NO2/c26-20-12-4-1-8-16(20)25(17-9-2-5-13-21(17)27,18-10-3-6-14-22(18)28)19-11-7-15-23(24(19)29)30(31)32/h1-15H. The van der Waals surface area contributed by atoms with E-state index in [-0.39, 0.29) is 10.6 Å². The van der Waals surface area contributed by atoms with Gasteiger partial charge in [0.25, 0.3) is 5.69 Å². The minimum Gasteiger partial charge on any atom is -0.258 e. The van der Waals surface area contributed by atoms with Crippen molar-refractivity contribution in [1.82, 2.24) is 0 Å². The van der Waals surface area contributed by atoms with Crippen molar-refractivity contribution < 1.29 is 4.92 Å². The van der Waals surface area contributed by atoms with E-state index in [1.807, 2.05) is 42.5 Å². The number of nitrogens with zero attached hydrogens (tertiary/aromatic N) is 1. The van der Waals surface area contributed by atoms with Gasteiger partial charge in [-0.2, -0.15) is 0 Å². The Hall–Kier alpha value is -0.800. The number of halogens is 4. The molecule has 0 aliphatic carbocycles. The van der Waals surface area contributed by atoms with Gasteiger partial charge in [0.2, 0.25) is 0 Å². The molecule has 0 bridgehead atoms. The molecule has 0 aliphatic heterocycles. The molecule has 0 radical (unpaired) electrons. The Morgan fingerprint density at radius 2 is 0.938 bits per heavy atom. The fraction of sp³-hybridized carbons (Fsp3) is 0.0400. The van der Waals surface area contributed by atoms with Crippen LogP contribution in [-0.4, -0.2) is 4.92 Å².